The van der Waals surface area contributed by atoms with Crippen molar-refractivity contribution in [1.82, 2.24) is 0 Å². The van der Waals surface area contributed by atoms with Crippen LogP contribution in [0.3, 0.4) is 0 Å². The topological polar surface area (TPSA) is 43.1 Å². The van der Waals surface area contributed by atoms with Crippen LogP contribution in [-0.2, 0) is 4.79 Å². The summed E-state index contributed by atoms with van der Waals surface area (Å²) in [5.74, 6) is 0.617. The molecule has 1 aliphatic rings. The number of hydrogen-bond acceptors (Lipinski definition) is 1. The lowest BCUT2D eigenvalue weighted by molar-refractivity contribution is -0.126. The largest absolute Gasteiger partial charge is 0.369 e. The van der Waals surface area contributed by atoms with Crippen molar-refractivity contribution in [2.75, 3.05) is 0 Å². The molecule has 2 atom stereocenters. The minimum atomic E-state index is -0.122. The third-order valence-electron chi connectivity index (χ3n) is 1.99. The van der Waals surface area contributed by atoms with E-state index in [1.165, 1.54) is 6.42 Å². The summed E-state index contributed by atoms with van der Waals surface area (Å²) in [7, 11) is 0. The Kier molecular flexibility index (Phi) is 1.24. The first-order chi connectivity index (χ1) is 3.72. The van der Waals surface area contributed by atoms with Gasteiger partial charge in [0.05, 0.1) is 0 Å². The molecule has 0 radical (unpaired) electrons. The predicted octanol–water partition coefficient (Wildman–Crippen LogP) is 0.518. The molecule has 0 aliphatic heterocycles. The van der Waals surface area contributed by atoms with Crippen LogP contribution < -0.4 is 5.73 Å². The Hall–Kier alpha value is -0.530. The first-order valence-electron chi connectivity index (χ1n) is 3.01. The van der Waals surface area contributed by atoms with Gasteiger partial charge in [0.1, 0.15) is 0 Å². The van der Waals surface area contributed by atoms with Gasteiger partial charge in [0.2, 0.25) is 5.91 Å². The van der Waals surface area contributed by atoms with Gasteiger partial charge in [-0.15, -0.1) is 0 Å². The Morgan fingerprint density at radius 1 is 1.62 bits per heavy atom. The molecular formula is C6H11NO. The van der Waals surface area contributed by atoms with Gasteiger partial charge in [-0.1, -0.05) is 6.92 Å². The van der Waals surface area contributed by atoms with Crippen LogP contribution in [0.1, 0.15) is 19.8 Å². The van der Waals surface area contributed by atoms with Gasteiger partial charge in [-0.05, 0) is 18.8 Å². The highest BCUT2D eigenvalue weighted by Crippen LogP contribution is 2.32. The van der Waals surface area contributed by atoms with Crippen molar-refractivity contribution in [3.05, 3.63) is 0 Å². The third-order valence-corrected chi connectivity index (χ3v) is 1.99. The van der Waals surface area contributed by atoms with E-state index in [9.17, 15) is 4.79 Å². The van der Waals surface area contributed by atoms with Crippen LogP contribution >= 0.6 is 0 Å². The summed E-state index contributed by atoms with van der Waals surface area (Å²) in [5.41, 5.74) is 5.05. The molecule has 0 aromatic carbocycles. The fraction of sp³-hybridized carbons (Fsp3) is 0.833. The maximum atomic E-state index is 10.4. The second-order valence-corrected chi connectivity index (χ2v) is 2.56. The maximum absolute atomic E-state index is 10.4. The zero-order valence-electron chi connectivity index (χ0n) is 5.05. The van der Waals surface area contributed by atoms with Crippen LogP contribution in [0.5, 0.6) is 0 Å². The van der Waals surface area contributed by atoms with Gasteiger partial charge in [-0.25, -0.2) is 0 Å². The van der Waals surface area contributed by atoms with Crippen molar-refractivity contribution in [3.63, 3.8) is 0 Å². The fourth-order valence-corrected chi connectivity index (χ4v) is 1.09. The van der Waals surface area contributed by atoms with E-state index >= 15 is 0 Å². The zero-order chi connectivity index (χ0) is 6.15. The van der Waals surface area contributed by atoms with Crippen LogP contribution in [0, 0.1) is 11.8 Å². The molecule has 2 N–H and O–H groups in total. The fourth-order valence-electron chi connectivity index (χ4n) is 1.09. The van der Waals surface area contributed by atoms with Crippen LogP contribution in [0.15, 0.2) is 0 Å². The van der Waals surface area contributed by atoms with Gasteiger partial charge < -0.3 is 5.73 Å². The Morgan fingerprint density at radius 2 is 2.25 bits per heavy atom. The molecule has 1 rings (SSSR count). The summed E-state index contributed by atoms with van der Waals surface area (Å²) in [6, 6.07) is 0. The Labute approximate surface area is 49.1 Å². The molecule has 2 nitrogen and oxygen atoms in total. The molecule has 8 heavy (non-hydrogen) atoms. The van der Waals surface area contributed by atoms with Crippen molar-refractivity contribution >= 4 is 5.91 Å². The summed E-state index contributed by atoms with van der Waals surface area (Å²) in [6.45, 7) is 2.07. The number of nitrogens with two attached hydrogens (primary N) is 1. The third kappa shape index (κ3) is 0.703. The number of rotatable bonds is 1. The van der Waals surface area contributed by atoms with E-state index in [0.717, 1.165) is 6.42 Å². The van der Waals surface area contributed by atoms with Gasteiger partial charge in [-0.3, -0.25) is 4.79 Å². The van der Waals surface area contributed by atoms with Gasteiger partial charge in [0.25, 0.3) is 0 Å². The lowest BCUT2D eigenvalue weighted by Crippen LogP contribution is -2.35. The molecule has 1 saturated carbocycles. The molecule has 0 heterocycles. The van der Waals surface area contributed by atoms with E-state index in [0.29, 0.717) is 5.92 Å². The normalized spacial score (nSPS) is 36.1. The van der Waals surface area contributed by atoms with E-state index in [-0.39, 0.29) is 11.8 Å². The number of amides is 1. The quantitative estimate of drug-likeness (QED) is 0.529. The molecule has 0 aromatic heterocycles. The van der Waals surface area contributed by atoms with Crippen LogP contribution in [0.4, 0.5) is 0 Å². The summed E-state index contributed by atoms with van der Waals surface area (Å²) < 4.78 is 0. The first-order valence-corrected chi connectivity index (χ1v) is 3.01. The van der Waals surface area contributed by atoms with Crippen molar-refractivity contribution < 1.29 is 4.79 Å². The van der Waals surface area contributed by atoms with Crippen molar-refractivity contribution in [2.24, 2.45) is 17.6 Å². The average Bonchev–Trinajstić information content (AvgIpc) is 1.61. The Bertz CT molecular complexity index is 111. The minimum absolute atomic E-state index is 0.122. The highest BCUT2D eigenvalue weighted by Gasteiger charge is 2.30. The number of primary amides is 1. The molecule has 1 amide bonds. The van der Waals surface area contributed by atoms with Crippen LogP contribution in [0.25, 0.3) is 0 Å². The van der Waals surface area contributed by atoms with Gasteiger partial charge in [-0.2, -0.15) is 0 Å². The van der Waals surface area contributed by atoms with E-state index < -0.39 is 0 Å². The average molecular weight is 113 g/mol. The number of carbonyl (C=O) groups excluding carboxylic acids is 1. The minimum Gasteiger partial charge on any atom is -0.369 e. The molecule has 0 spiro atoms. The summed E-state index contributed by atoms with van der Waals surface area (Å²) in [6.07, 6.45) is 2.18. The standard InChI is InChI=1S/C6H11NO/c1-4-2-3-5(4)6(7)8/h4-5H,2-3H2,1H3,(H2,7,8). The van der Waals surface area contributed by atoms with Crippen LogP contribution in [-0.4, -0.2) is 5.91 Å². The predicted molar refractivity (Wildman–Crippen MR) is 31.1 cm³/mol. The molecule has 1 fully saturated rings. The monoisotopic (exact) mass is 113 g/mol. The molecule has 2 unspecified atom stereocenters. The van der Waals surface area contributed by atoms with Crippen molar-refractivity contribution in [1.29, 1.82) is 0 Å². The van der Waals surface area contributed by atoms with E-state index in [2.05, 4.69) is 6.92 Å². The van der Waals surface area contributed by atoms with Gasteiger partial charge in [0.15, 0.2) is 0 Å². The molecule has 1 aliphatic carbocycles. The summed E-state index contributed by atoms with van der Waals surface area (Å²) >= 11 is 0. The molecule has 2 heteroatoms. The molecule has 0 saturated heterocycles. The second kappa shape index (κ2) is 1.77. The lowest BCUT2D eigenvalue weighted by Gasteiger charge is -2.30. The summed E-state index contributed by atoms with van der Waals surface area (Å²) in [4.78, 5) is 10.4. The Balaban J connectivity index is 2.37. The summed E-state index contributed by atoms with van der Waals surface area (Å²) in [5, 5.41) is 0. The smallest absolute Gasteiger partial charge is 0.220 e. The van der Waals surface area contributed by atoms with Gasteiger partial charge in [0, 0.05) is 5.92 Å². The zero-order valence-corrected chi connectivity index (χ0v) is 5.05. The van der Waals surface area contributed by atoms with Crippen molar-refractivity contribution in [2.45, 2.75) is 19.8 Å². The molecule has 46 valence electrons. The SMILES string of the molecule is CC1CCC1C(N)=O. The Morgan fingerprint density at radius 3 is 2.25 bits per heavy atom. The van der Waals surface area contributed by atoms with Crippen molar-refractivity contribution in [3.8, 4) is 0 Å². The molecule has 0 bridgehead atoms. The molecular weight excluding hydrogens is 102 g/mol. The highest BCUT2D eigenvalue weighted by molar-refractivity contribution is 5.77. The number of carbonyl (C=O) groups is 1. The van der Waals surface area contributed by atoms with E-state index in [1.807, 2.05) is 0 Å². The first kappa shape index (κ1) is 5.60. The van der Waals surface area contributed by atoms with Crippen LogP contribution in [0.2, 0.25) is 0 Å². The molecule has 0 aromatic rings. The van der Waals surface area contributed by atoms with E-state index in [1.54, 1.807) is 0 Å². The maximum Gasteiger partial charge on any atom is 0.220 e. The van der Waals surface area contributed by atoms with E-state index in [4.69, 9.17) is 5.73 Å². The number of hydrogen-bond donors (Lipinski definition) is 1. The second-order valence-electron chi connectivity index (χ2n) is 2.56. The van der Waals surface area contributed by atoms with Gasteiger partial charge >= 0.3 is 0 Å². The lowest BCUT2D eigenvalue weighted by atomic mass is 9.75. The highest BCUT2D eigenvalue weighted by atomic mass is 16.1.